The van der Waals surface area contributed by atoms with Crippen LogP contribution in [0.25, 0.3) is 10.8 Å². The molecule has 2 nitrogen and oxygen atoms in total. The first kappa shape index (κ1) is 17.0. The maximum absolute atomic E-state index is 12.0. The van der Waals surface area contributed by atoms with E-state index in [4.69, 9.17) is 0 Å². The minimum Gasteiger partial charge on any atom is -0.380 e. The van der Waals surface area contributed by atoms with Gasteiger partial charge in [0.15, 0.2) is 0 Å². The molecule has 0 saturated heterocycles. The van der Waals surface area contributed by atoms with Crippen LogP contribution in [-0.2, 0) is 12.0 Å². The number of rotatable bonds is 4. The lowest BCUT2D eigenvalue weighted by molar-refractivity contribution is 0.0827. The van der Waals surface area contributed by atoms with Gasteiger partial charge in [0.2, 0.25) is 0 Å². The van der Waals surface area contributed by atoms with Crippen LogP contribution in [0.1, 0.15) is 22.3 Å². The Hall–Kier alpha value is -3.41. The fourth-order valence-electron chi connectivity index (χ4n) is 3.70. The third kappa shape index (κ3) is 3.21. The SMILES string of the molecule is N#Cc1cccc(CC(O)(c2ccccc2)c2cccc3ccccc23)c1. The number of benzene rings is 4. The average molecular weight is 349 g/mol. The summed E-state index contributed by atoms with van der Waals surface area (Å²) in [7, 11) is 0. The molecule has 0 amide bonds. The first-order chi connectivity index (χ1) is 13.2. The van der Waals surface area contributed by atoms with E-state index in [9.17, 15) is 10.4 Å². The molecule has 1 unspecified atom stereocenters. The van der Waals surface area contributed by atoms with E-state index in [2.05, 4.69) is 18.2 Å². The zero-order chi connectivity index (χ0) is 18.7. The van der Waals surface area contributed by atoms with Crippen molar-refractivity contribution in [2.75, 3.05) is 0 Å². The molecular formula is C25H19NO. The van der Waals surface area contributed by atoms with Gasteiger partial charge in [0.1, 0.15) is 5.60 Å². The Balaban J connectivity index is 1.93. The summed E-state index contributed by atoms with van der Waals surface area (Å²) in [5, 5.41) is 23.3. The Morgan fingerprint density at radius 3 is 2.30 bits per heavy atom. The molecule has 0 bridgehead atoms. The van der Waals surface area contributed by atoms with Crippen LogP contribution in [0.5, 0.6) is 0 Å². The second kappa shape index (κ2) is 7.07. The van der Waals surface area contributed by atoms with Crippen LogP contribution < -0.4 is 0 Å². The third-order valence-corrected chi connectivity index (χ3v) is 5.00. The zero-order valence-corrected chi connectivity index (χ0v) is 14.8. The highest BCUT2D eigenvalue weighted by Crippen LogP contribution is 2.37. The smallest absolute Gasteiger partial charge is 0.119 e. The van der Waals surface area contributed by atoms with Gasteiger partial charge in [-0.15, -0.1) is 0 Å². The van der Waals surface area contributed by atoms with Crippen molar-refractivity contribution in [3.05, 3.63) is 119 Å². The Labute approximate surface area is 159 Å². The van der Waals surface area contributed by atoms with Crippen molar-refractivity contribution in [1.29, 1.82) is 5.26 Å². The summed E-state index contributed by atoms with van der Waals surface area (Å²) in [4.78, 5) is 0. The van der Waals surface area contributed by atoms with Crippen LogP contribution >= 0.6 is 0 Å². The van der Waals surface area contributed by atoms with E-state index in [-0.39, 0.29) is 0 Å². The molecule has 27 heavy (non-hydrogen) atoms. The van der Waals surface area contributed by atoms with Crippen LogP contribution in [0.3, 0.4) is 0 Å². The summed E-state index contributed by atoms with van der Waals surface area (Å²) >= 11 is 0. The van der Waals surface area contributed by atoms with Crippen molar-refractivity contribution in [3.8, 4) is 6.07 Å². The van der Waals surface area contributed by atoms with Gasteiger partial charge in [-0.05, 0) is 39.6 Å². The van der Waals surface area contributed by atoms with Crippen molar-refractivity contribution in [1.82, 2.24) is 0 Å². The standard InChI is InChI=1S/C25H19NO/c26-18-20-9-6-8-19(16-20)17-25(27,22-12-2-1-3-13-22)24-15-7-11-21-10-4-5-14-23(21)24/h1-16,27H,17H2. The van der Waals surface area contributed by atoms with Gasteiger partial charge in [-0.3, -0.25) is 0 Å². The lowest BCUT2D eigenvalue weighted by Crippen LogP contribution is -2.30. The molecule has 0 aliphatic heterocycles. The van der Waals surface area contributed by atoms with Crippen LogP contribution in [0.2, 0.25) is 0 Å². The topological polar surface area (TPSA) is 44.0 Å². The predicted molar refractivity (Wildman–Crippen MR) is 108 cm³/mol. The van der Waals surface area contributed by atoms with Gasteiger partial charge in [0.25, 0.3) is 0 Å². The quantitative estimate of drug-likeness (QED) is 0.551. The highest BCUT2D eigenvalue weighted by molar-refractivity contribution is 5.87. The summed E-state index contributed by atoms with van der Waals surface area (Å²) in [6, 6.07) is 33.5. The number of nitriles is 1. The average Bonchev–Trinajstić information content (AvgIpc) is 2.74. The maximum atomic E-state index is 12.0. The molecule has 0 aliphatic rings. The molecule has 0 saturated carbocycles. The summed E-state index contributed by atoms with van der Waals surface area (Å²) in [5.74, 6) is 0. The predicted octanol–water partition coefficient (Wildman–Crippen LogP) is 5.19. The molecule has 2 heteroatoms. The molecule has 0 fully saturated rings. The van der Waals surface area contributed by atoms with E-state index in [1.807, 2.05) is 78.9 Å². The Kier molecular flexibility index (Phi) is 4.46. The lowest BCUT2D eigenvalue weighted by Gasteiger charge is -2.31. The normalized spacial score (nSPS) is 13.0. The van der Waals surface area contributed by atoms with Crippen molar-refractivity contribution in [3.63, 3.8) is 0 Å². The van der Waals surface area contributed by atoms with Gasteiger partial charge >= 0.3 is 0 Å². The van der Waals surface area contributed by atoms with Gasteiger partial charge in [-0.25, -0.2) is 0 Å². The first-order valence-electron chi connectivity index (χ1n) is 8.96. The van der Waals surface area contributed by atoms with Gasteiger partial charge in [-0.2, -0.15) is 5.26 Å². The second-order valence-corrected chi connectivity index (χ2v) is 6.74. The summed E-state index contributed by atoms with van der Waals surface area (Å²) in [6.07, 6.45) is 0.389. The van der Waals surface area contributed by atoms with E-state index in [1.165, 1.54) is 0 Å². The van der Waals surface area contributed by atoms with Gasteiger partial charge in [0, 0.05) is 6.42 Å². The monoisotopic (exact) mass is 349 g/mol. The fourth-order valence-corrected chi connectivity index (χ4v) is 3.70. The number of hydrogen-bond donors (Lipinski definition) is 1. The van der Waals surface area contributed by atoms with E-state index < -0.39 is 5.60 Å². The minimum absolute atomic E-state index is 0.389. The van der Waals surface area contributed by atoms with E-state index >= 15 is 0 Å². The Morgan fingerprint density at radius 2 is 1.48 bits per heavy atom. The molecule has 0 spiro atoms. The molecular weight excluding hydrogens is 330 g/mol. The number of hydrogen-bond acceptors (Lipinski definition) is 2. The van der Waals surface area contributed by atoms with Crippen LogP contribution in [0, 0.1) is 11.3 Å². The molecule has 0 aromatic heterocycles. The van der Waals surface area contributed by atoms with Gasteiger partial charge < -0.3 is 5.11 Å². The molecule has 1 atom stereocenters. The molecule has 0 heterocycles. The van der Waals surface area contributed by atoms with Crippen molar-refractivity contribution < 1.29 is 5.11 Å². The van der Waals surface area contributed by atoms with E-state index in [0.29, 0.717) is 12.0 Å². The first-order valence-corrected chi connectivity index (χ1v) is 8.96. The van der Waals surface area contributed by atoms with Crippen LogP contribution in [0.4, 0.5) is 0 Å². The van der Waals surface area contributed by atoms with Crippen LogP contribution in [-0.4, -0.2) is 5.11 Å². The third-order valence-electron chi connectivity index (χ3n) is 5.00. The molecule has 0 aliphatic carbocycles. The number of aliphatic hydroxyl groups is 1. The van der Waals surface area contributed by atoms with Crippen molar-refractivity contribution >= 4 is 10.8 Å². The molecule has 130 valence electrons. The summed E-state index contributed by atoms with van der Waals surface area (Å²) in [6.45, 7) is 0. The highest BCUT2D eigenvalue weighted by Gasteiger charge is 2.33. The highest BCUT2D eigenvalue weighted by atomic mass is 16.3. The fraction of sp³-hybridized carbons (Fsp3) is 0.0800. The molecule has 1 N–H and O–H groups in total. The van der Waals surface area contributed by atoms with Crippen molar-refractivity contribution in [2.45, 2.75) is 12.0 Å². The Morgan fingerprint density at radius 1 is 0.778 bits per heavy atom. The number of fused-ring (bicyclic) bond motifs is 1. The number of nitrogens with zero attached hydrogens (tertiary/aromatic N) is 1. The van der Waals surface area contributed by atoms with Crippen LogP contribution in [0.15, 0.2) is 97.1 Å². The Bertz CT molecular complexity index is 1120. The lowest BCUT2D eigenvalue weighted by atomic mass is 9.79. The van der Waals surface area contributed by atoms with E-state index in [1.54, 1.807) is 6.07 Å². The molecule has 4 aromatic rings. The maximum Gasteiger partial charge on any atom is 0.119 e. The molecule has 0 radical (unpaired) electrons. The van der Waals surface area contributed by atoms with Gasteiger partial charge in [-0.1, -0.05) is 84.9 Å². The van der Waals surface area contributed by atoms with Crippen molar-refractivity contribution in [2.24, 2.45) is 0 Å². The largest absolute Gasteiger partial charge is 0.380 e. The second-order valence-electron chi connectivity index (χ2n) is 6.74. The summed E-state index contributed by atoms with van der Waals surface area (Å²) < 4.78 is 0. The summed E-state index contributed by atoms with van der Waals surface area (Å²) in [5.41, 5.74) is 2.03. The molecule has 4 rings (SSSR count). The zero-order valence-electron chi connectivity index (χ0n) is 14.8. The van der Waals surface area contributed by atoms with Gasteiger partial charge in [0.05, 0.1) is 11.6 Å². The van der Waals surface area contributed by atoms with E-state index in [0.717, 1.165) is 27.5 Å². The minimum atomic E-state index is -1.20. The molecule has 4 aromatic carbocycles.